The number of benzene rings is 2. The summed E-state index contributed by atoms with van der Waals surface area (Å²) in [5.74, 6) is 5.95. The molecule has 0 aliphatic heterocycles. The third-order valence-electron chi connectivity index (χ3n) is 2.69. The van der Waals surface area contributed by atoms with Gasteiger partial charge in [-0.15, -0.1) is 11.8 Å². The predicted octanol–water partition coefficient (Wildman–Crippen LogP) is 3.78. The topological polar surface area (TPSA) is 38.0 Å². The maximum absolute atomic E-state index is 13.2. The maximum Gasteiger partial charge on any atom is 0.123 e. The van der Waals surface area contributed by atoms with Crippen molar-refractivity contribution in [3.8, 4) is 0 Å². The summed E-state index contributed by atoms with van der Waals surface area (Å²) in [5.41, 5.74) is 3.53. The number of hydrazine groups is 1. The molecule has 2 aromatic rings. The molecule has 0 heterocycles. The minimum absolute atomic E-state index is 0.128. The number of halogens is 2. The zero-order valence-electron chi connectivity index (χ0n) is 10.1. The average Bonchev–Trinajstić information content (AvgIpc) is 2.41. The zero-order valence-corrected chi connectivity index (χ0v) is 11.7. The van der Waals surface area contributed by atoms with Crippen molar-refractivity contribution in [2.75, 3.05) is 5.75 Å². The van der Waals surface area contributed by atoms with Gasteiger partial charge in [0, 0.05) is 10.6 Å². The molecule has 0 aliphatic carbocycles. The standard InChI is InChI=1S/C14H14ClFN2S/c15-12-6-1-2-7-14(12)19-9-13(18-17)10-4-3-5-11(16)8-10/h1-8,13,18H,9,17H2. The fourth-order valence-electron chi connectivity index (χ4n) is 1.70. The van der Waals surface area contributed by atoms with Gasteiger partial charge in [-0.25, -0.2) is 4.39 Å². The van der Waals surface area contributed by atoms with Crippen LogP contribution >= 0.6 is 23.4 Å². The predicted molar refractivity (Wildman–Crippen MR) is 78.6 cm³/mol. The van der Waals surface area contributed by atoms with Gasteiger partial charge in [0.2, 0.25) is 0 Å². The van der Waals surface area contributed by atoms with Gasteiger partial charge in [0.1, 0.15) is 5.82 Å². The van der Waals surface area contributed by atoms with Crippen LogP contribution in [0.1, 0.15) is 11.6 Å². The Kier molecular flexibility index (Phi) is 5.22. The third kappa shape index (κ3) is 3.94. The van der Waals surface area contributed by atoms with Gasteiger partial charge in [-0.05, 0) is 29.8 Å². The Morgan fingerprint density at radius 1 is 1.21 bits per heavy atom. The van der Waals surface area contributed by atoms with Gasteiger partial charge >= 0.3 is 0 Å². The number of rotatable bonds is 5. The second-order valence-electron chi connectivity index (χ2n) is 4.02. The lowest BCUT2D eigenvalue weighted by Crippen LogP contribution is -2.29. The van der Waals surface area contributed by atoms with Crippen LogP contribution in [0.3, 0.4) is 0 Å². The van der Waals surface area contributed by atoms with Crippen molar-refractivity contribution in [2.45, 2.75) is 10.9 Å². The van der Waals surface area contributed by atoms with E-state index in [2.05, 4.69) is 5.43 Å². The molecule has 1 unspecified atom stereocenters. The van der Waals surface area contributed by atoms with E-state index in [-0.39, 0.29) is 11.9 Å². The average molecular weight is 297 g/mol. The number of nitrogens with two attached hydrogens (primary N) is 1. The lowest BCUT2D eigenvalue weighted by atomic mass is 10.1. The lowest BCUT2D eigenvalue weighted by molar-refractivity contribution is 0.591. The molecule has 2 nitrogen and oxygen atoms in total. The summed E-state index contributed by atoms with van der Waals surface area (Å²) in [4.78, 5) is 0.987. The Balaban J connectivity index is 2.06. The van der Waals surface area contributed by atoms with Crippen LogP contribution in [-0.4, -0.2) is 5.75 Å². The summed E-state index contributed by atoms with van der Waals surface area (Å²) < 4.78 is 13.2. The molecule has 3 N–H and O–H groups in total. The van der Waals surface area contributed by atoms with E-state index in [1.54, 1.807) is 17.8 Å². The molecule has 0 aromatic heterocycles. The highest BCUT2D eigenvalue weighted by molar-refractivity contribution is 7.99. The molecule has 0 bridgehead atoms. The Morgan fingerprint density at radius 3 is 2.68 bits per heavy atom. The molecule has 100 valence electrons. The molecular weight excluding hydrogens is 283 g/mol. The van der Waals surface area contributed by atoms with Crippen LogP contribution in [0.25, 0.3) is 0 Å². The maximum atomic E-state index is 13.2. The van der Waals surface area contributed by atoms with Crippen molar-refractivity contribution in [3.05, 3.63) is 64.9 Å². The largest absolute Gasteiger partial charge is 0.271 e. The lowest BCUT2D eigenvalue weighted by Gasteiger charge is -2.16. The summed E-state index contributed by atoms with van der Waals surface area (Å²) in [6.45, 7) is 0. The number of hydrogen-bond donors (Lipinski definition) is 2. The molecule has 0 spiro atoms. The van der Waals surface area contributed by atoms with E-state index in [0.717, 1.165) is 10.5 Å². The van der Waals surface area contributed by atoms with Crippen molar-refractivity contribution in [1.29, 1.82) is 0 Å². The van der Waals surface area contributed by atoms with E-state index in [1.807, 2.05) is 30.3 Å². The van der Waals surface area contributed by atoms with Crippen LogP contribution in [0, 0.1) is 5.82 Å². The second kappa shape index (κ2) is 6.91. The van der Waals surface area contributed by atoms with E-state index < -0.39 is 0 Å². The van der Waals surface area contributed by atoms with Crippen LogP contribution in [0.2, 0.25) is 5.02 Å². The molecular formula is C14H14ClFN2S. The van der Waals surface area contributed by atoms with Crippen LogP contribution < -0.4 is 11.3 Å². The van der Waals surface area contributed by atoms with E-state index in [4.69, 9.17) is 17.4 Å². The van der Waals surface area contributed by atoms with Crippen LogP contribution in [0.4, 0.5) is 4.39 Å². The van der Waals surface area contributed by atoms with Gasteiger partial charge in [0.25, 0.3) is 0 Å². The molecule has 0 fully saturated rings. The minimum Gasteiger partial charge on any atom is -0.271 e. The Hall–Kier alpha value is -1.07. The number of hydrogen-bond acceptors (Lipinski definition) is 3. The first-order valence-electron chi connectivity index (χ1n) is 5.79. The molecule has 2 aromatic carbocycles. The minimum atomic E-state index is -0.263. The first-order valence-corrected chi connectivity index (χ1v) is 7.16. The monoisotopic (exact) mass is 296 g/mol. The van der Waals surface area contributed by atoms with Gasteiger partial charge < -0.3 is 0 Å². The highest BCUT2D eigenvalue weighted by Crippen LogP contribution is 2.30. The number of nitrogens with one attached hydrogen (secondary N) is 1. The molecule has 2 rings (SSSR count). The van der Waals surface area contributed by atoms with Crippen molar-refractivity contribution in [1.82, 2.24) is 5.43 Å². The van der Waals surface area contributed by atoms with Gasteiger partial charge in [-0.2, -0.15) is 0 Å². The van der Waals surface area contributed by atoms with Crippen molar-refractivity contribution in [3.63, 3.8) is 0 Å². The third-order valence-corrected chi connectivity index (χ3v) is 4.30. The van der Waals surface area contributed by atoms with Gasteiger partial charge in [-0.3, -0.25) is 11.3 Å². The fraction of sp³-hybridized carbons (Fsp3) is 0.143. The Morgan fingerprint density at radius 2 is 2.00 bits per heavy atom. The summed E-state index contributed by atoms with van der Waals surface area (Å²) in [5, 5.41) is 0.711. The molecule has 1 atom stereocenters. The summed E-state index contributed by atoms with van der Waals surface area (Å²) in [6, 6.07) is 13.9. The second-order valence-corrected chi connectivity index (χ2v) is 5.48. The summed E-state index contributed by atoms with van der Waals surface area (Å²) in [7, 11) is 0. The molecule has 19 heavy (non-hydrogen) atoms. The first-order chi connectivity index (χ1) is 9.20. The van der Waals surface area contributed by atoms with Crippen LogP contribution in [0.15, 0.2) is 53.4 Å². The molecule has 5 heteroatoms. The van der Waals surface area contributed by atoms with Crippen molar-refractivity contribution >= 4 is 23.4 Å². The highest BCUT2D eigenvalue weighted by atomic mass is 35.5. The molecule has 0 saturated heterocycles. The zero-order chi connectivity index (χ0) is 13.7. The van der Waals surface area contributed by atoms with E-state index in [1.165, 1.54) is 12.1 Å². The molecule has 0 amide bonds. The van der Waals surface area contributed by atoms with Gasteiger partial charge in [0.15, 0.2) is 0 Å². The van der Waals surface area contributed by atoms with Crippen molar-refractivity contribution in [2.24, 2.45) is 5.84 Å². The molecule has 0 saturated carbocycles. The molecule has 0 aliphatic rings. The summed E-state index contributed by atoms with van der Waals surface area (Å²) in [6.07, 6.45) is 0. The van der Waals surface area contributed by atoms with Gasteiger partial charge in [-0.1, -0.05) is 35.9 Å². The molecule has 0 radical (unpaired) electrons. The van der Waals surface area contributed by atoms with E-state index >= 15 is 0 Å². The van der Waals surface area contributed by atoms with E-state index in [9.17, 15) is 4.39 Å². The fourth-order valence-corrected chi connectivity index (χ4v) is 3.01. The quantitative estimate of drug-likeness (QED) is 0.501. The van der Waals surface area contributed by atoms with Crippen molar-refractivity contribution < 1.29 is 4.39 Å². The van der Waals surface area contributed by atoms with Crippen LogP contribution in [-0.2, 0) is 0 Å². The summed E-state index contributed by atoms with van der Waals surface area (Å²) >= 11 is 7.67. The van der Waals surface area contributed by atoms with E-state index in [0.29, 0.717) is 10.8 Å². The Bertz CT molecular complexity index is 550. The highest BCUT2D eigenvalue weighted by Gasteiger charge is 2.11. The van der Waals surface area contributed by atoms with Crippen LogP contribution in [0.5, 0.6) is 0 Å². The first kappa shape index (κ1) is 14.3. The normalized spacial score (nSPS) is 12.4. The number of thioether (sulfide) groups is 1. The Labute approximate surface area is 121 Å². The SMILES string of the molecule is NNC(CSc1ccccc1Cl)c1cccc(F)c1. The smallest absolute Gasteiger partial charge is 0.123 e. The van der Waals surface area contributed by atoms with Gasteiger partial charge in [0.05, 0.1) is 11.1 Å².